The quantitative estimate of drug-likeness (QED) is 0.213. The lowest BCUT2D eigenvalue weighted by Gasteiger charge is -2.24. The van der Waals surface area contributed by atoms with Crippen LogP contribution in [0.1, 0.15) is 54.5 Å². The van der Waals surface area contributed by atoms with Gasteiger partial charge >= 0.3 is 6.03 Å². The van der Waals surface area contributed by atoms with Crippen molar-refractivity contribution in [3.8, 4) is 16.9 Å². The molecule has 1 saturated carbocycles. The Labute approximate surface area is 243 Å². The van der Waals surface area contributed by atoms with Crippen LogP contribution in [0, 0.1) is 6.92 Å². The fourth-order valence-electron chi connectivity index (χ4n) is 5.30. The van der Waals surface area contributed by atoms with Crippen molar-refractivity contribution in [1.29, 1.82) is 0 Å². The SMILES string of the molecule is COc1ccc(NC(=O)N(Cc2ccc(-c3ccc(CNC4CCCCC4)cc3)cc2)Cc2ccc(C)nc2)cc1. The molecule has 4 aromatic rings. The van der Waals surface area contributed by atoms with Crippen LogP contribution in [-0.2, 0) is 19.6 Å². The van der Waals surface area contributed by atoms with E-state index in [9.17, 15) is 4.79 Å². The molecule has 6 nitrogen and oxygen atoms in total. The molecule has 1 fully saturated rings. The van der Waals surface area contributed by atoms with Gasteiger partial charge in [0.25, 0.3) is 0 Å². The van der Waals surface area contributed by atoms with Gasteiger partial charge in [0.05, 0.1) is 7.11 Å². The average molecular weight is 549 g/mol. The number of rotatable bonds is 10. The van der Waals surface area contributed by atoms with E-state index in [1.165, 1.54) is 43.2 Å². The highest BCUT2D eigenvalue weighted by molar-refractivity contribution is 5.89. The molecule has 0 spiro atoms. The second-order valence-electron chi connectivity index (χ2n) is 10.9. The van der Waals surface area contributed by atoms with Crippen LogP contribution < -0.4 is 15.4 Å². The summed E-state index contributed by atoms with van der Waals surface area (Å²) in [6.07, 6.45) is 8.51. The highest BCUT2D eigenvalue weighted by Gasteiger charge is 2.16. The van der Waals surface area contributed by atoms with Gasteiger partial charge in [-0.05, 0) is 77.9 Å². The molecule has 2 N–H and O–H groups in total. The van der Waals surface area contributed by atoms with Crippen LogP contribution in [0.15, 0.2) is 91.1 Å². The molecule has 1 aliphatic rings. The Bertz CT molecular complexity index is 1380. The zero-order chi connectivity index (χ0) is 28.4. The van der Waals surface area contributed by atoms with Crippen molar-refractivity contribution in [2.24, 2.45) is 0 Å². The fourth-order valence-corrected chi connectivity index (χ4v) is 5.30. The van der Waals surface area contributed by atoms with Gasteiger partial charge in [0.1, 0.15) is 5.75 Å². The molecule has 212 valence electrons. The number of urea groups is 1. The Morgan fingerprint density at radius 3 is 2.02 bits per heavy atom. The van der Waals surface area contributed by atoms with E-state index in [0.29, 0.717) is 19.1 Å². The lowest BCUT2D eigenvalue weighted by molar-refractivity contribution is 0.206. The van der Waals surface area contributed by atoms with Crippen molar-refractivity contribution in [3.05, 3.63) is 114 Å². The number of nitrogens with zero attached hydrogens (tertiary/aromatic N) is 2. The van der Waals surface area contributed by atoms with E-state index in [1.807, 2.05) is 49.5 Å². The van der Waals surface area contributed by atoms with E-state index in [2.05, 4.69) is 64.1 Å². The molecule has 1 heterocycles. The van der Waals surface area contributed by atoms with Crippen molar-refractivity contribution in [2.75, 3.05) is 12.4 Å². The van der Waals surface area contributed by atoms with E-state index < -0.39 is 0 Å². The average Bonchev–Trinajstić information content (AvgIpc) is 3.02. The summed E-state index contributed by atoms with van der Waals surface area (Å²) in [5, 5.41) is 6.75. The second-order valence-corrected chi connectivity index (χ2v) is 10.9. The molecule has 0 atom stereocenters. The molecule has 5 rings (SSSR count). The molecule has 0 saturated heterocycles. The van der Waals surface area contributed by atoms with Crippen molar-refractivity contribution in [2.45, 2.75) is 64.7 Å². The normalized spacial score (nSPS) is 13.5. The zero-order valence-electron chi connectivity index (χ0n) is 24.1. The standard InChI is InChI=1S/C35H40N4O2/c1-26-8-9-29(23-36-26)25-39(35(40)38-33-18-20-34(41-2)21-19-33)24-28-12-16-31(17-13-28)30-14-10-27(11-15-30)22-37-32-6-4-3-5-7-32/h8-21,23,32,37H,3-7,22,24-25H2,1-2H3,(H,38,40). The number of nitrogens with one attached hydrogen (secondary N) is 2. The minimum Gasteiger partial charge on any atom is -0.497 e. The molecule has 6 heteroatoms. The molecule has 0 aliphatic heterocycles. The molecule has 0 radical (unpaired) electrons. The van der Waals surface area contributed by atoms with Gasteiger partial charge in [0.2, 0.25) is 0 Å². The molecule has 1 aliphatic carbocycles. The Hall–Kier alpha value is -4.16. The van der Waals surface area contributed by atoms with Crippen LogP contribution in [0.2, 0.25) is 0 Å². The Balaban J connectivity index is 1.24. The molecular formula is C35H40N4O2. The van der Waals surface area contributed by atoms with Crippen LogP contribution in [-0.4, -0.2) is 29.1 Å². The highest BCUT2D eigenvalue weighted by atomic mass is 16.5. The van der Waals surface area contributed by atoms with E-state index in [4.69, 9.17) is 4.74 Å². The lowest BCUT2D eigenvalue weighted by atomic mass is 9.95. The summed E-state index contributed by atoms with van der Waals surface area (Å²) in [6.45, 7) is 3.81. The number of methoxy groups -OCH3 is 1. The van der Waals surface area contributed by atoms with Gasteiger partial charge in [-0.25, -0.2) is 4.79 Å². The van der Waals surface area contributed by atoms with Gasteiger partial charge in [-0.15, -0.1) is 0 Å². The Kier molecular flexibility index (Phi) is 9.65. The maximum atomic E-state index is 13.4. The van der Waals surface area contributed by atoms with Gasteiger partial charge in [-0.1, -0.05) is 73.9 Å². The highest BCUT2D eigenvalue weighted by Crippen LogP contribution is 2.23. The smallest absolute Gasteiger partial charge is 0.322 e. The minimum atomic E-state index is -0.169. The zero-order valence-corrected chi connectivity index (χ0v) is 24.1. The number of hydrogen-bond acceptors (Lipinski definition) is 4. The molecule has 3 aromatic carbocycles. The predicted molar refractivity (Wildman–Crippen MR) is 166 cm³/mol. The van der Waals surface area contributed by atoms with E-state index in [-0.39, 0.29) is 6.03 Å². The van der Waals surface area contributed by atoms with E-state index in [1.54, 1.807) is 12.0 Å². The van der Waals surface area contributed by atoms with E-state index in [0.717, 1.165) is 40.4 Å². The van der Waals surface area contributed by atoms with Crippen LogP contribution in [0.5, 0.6) is 5.75 Å². The number of carbonyl (C=O) groups excluding carboxylic acids is 1. The van der Waals surface area contributed by atoms with Crippen molar-refractivity contribution < 1.29 is 9.53 Å². The topological polar surface area (TPSA) is 66.5 Å². The summed E-state index contributed by atoms with van der Waals surface area (Å²) >= 11 is 0. The first-order valence-corrected chi connectivity index (χ1v) is 14.6. The van der Waals surface area contributed by atoms with Gasteiger partial charge in [0.15, 0.2) is 0 Å². The van der Waals surface area contributed by atoms with Crippen LogP contribution in [0.3, 0.4) is 0 Å². The summed E-state index contributed by atoms with van der Waals surface area (Å²) in [7, 11) is 1.63. The number of anilines is 1. The number of benzene rings is 3. The van der Waals surface area contributed by atoms with Crippen LogP contribution in [0.25, 0.3) is 11.1 Å². The fraction of sp³-hybridized carbons (Fsp3) is 0.314. The van der Waals surface area contributed by atoms with Crippen molar-refractivity contribution in [3.63, 3.8) is 0 Å². The first-order chi connectivity index (χ1) is 20.1. The third kappa shape index (κ3) is 8.18. The summed E-state index contributed by atoms with van der Waals surface area (Å²) in [5.41, 5.74) is 7.39. The molecule has 0 unspecified atom stereocenters. The number of pyridine rings is 1. The molecule has 2 amide bonds. The number of amides is 2. The number of hydrogen-bond donors (Lipinski definition) is 2. The maximum Gasteiger partial charge on any atom is 0.322 e. The summed E-state index contributed by atoms with van der Waals surface area (Å²) in [6, 6.07) is 29.2. The third-order valence-corrected chi connectivity index (χ3v) is 7.79. The first kappa shape index (κ1) is 28.4. The monoisotopic (exact) mass is 548 g/mol. The Morgan fingerprint density at radius 1 is 0.805 bits per heavy atom. The van der Waals surface area contributed by atoms with Gasteiger partial charge in [-0.2, -0.15) is 0 Å². The summed E-state index contributed by atoms with van der Waals surface area (Å²) in [4.78, 5) is 19.6. The van der Waals surface area contributed by atoms with Crippen molar-refractivity contribution >= 4 is 11.7 Å². The number of carbonyl (C=O) groups is 1. The third-order valence-electron chi connectivity index (χ3n) is 7.79. The largest absolute Gasteiger partial charge is 0.497 e. The Morgan fingerprint density at radius 2 is 1.41 bits per heavy atom. The van der Waals surface area contributed by atoms with Gasteiger partial charge in [-0.3, -0.25) is 4.98 Å². The maximum absolute atomic E-state index is 13.4. The van der Waals surface area contributed by atoms with Gasteiger partial charge < -0.3 is 20.3 Å². The number of ether oxygens (including phenoxy) is 1. The second kappa shape index (κ2) is 14.0. The summed E-state index contributed by atoms with van der Waals surface area (Å²) in [5.74, 6) is 0.747. The molecule has 41 heavy (non-hydrogen) atoms. The van der Waals surface area contributed by atoms with Crippen LogP contribution >= 0.6 is 0 Å². The predicted octanol–water partition coefficient (Wildman–Crippen LogP) is 7.72. The number of aromatic nitrogens is 1. The summed E-state index contributed by atoms with van der Waals surface area (Å²) < 4.78 is 5.24. The molecular weight excluding hydrogens is 508 g/mol. The van der Waals surface area contributed by atoms with E-state index >= 15 is 0 Å². The van der Waals surface area contributed by atoms with Crippen LogP contribution in [0.4, 0.5) is 10.5 Å². The number of aryl methyl sites for hydroxylation is 1. The van der Waals surface area contributed by atoms with Crippen molar-refractivity contribution in [1.82, 2.24) is 15.2 Å². The lowest BCUT2D eigenvalue weighted by Crippen LogP contribution is -2.34. The first-order valence-electron chi connectivity index (χ1n) is 14.6. The van der Waals surface area contributed by atoms with Gasteiger partial charge in [0, 0.05) is 43.3 Å². The molecule has 1 aromatic heterocycles. The minimum absolute atomic E-state index is 0.169. The molecule has 0 bridgehead atoms.